The molecule has 2 heterocycles. The van der Waals surface area contributed by atoms with E-state index in [-0.39, 0.29) is 17.5 Å². The summed E-state index contributed by atoms with van der Waals surface area (Å²) < 4.78 is 1.59. The van der Waals surface area contributed by atoms with Crippen LogP contribution in [0, 0.1) is 6.92 Å². The van der Waals surface area contributed by atoms with Gasteiger partial charge in [-0.3, -0.25) is 14.2 Å². The van der Waals surface area contributed by atoms with E-state index in [0.717, 1.165) is 25.1 Å². The summed E-state index contributed by atoms with van der Waals surface area (Å²) in [6, 6.07) is 14.9. The summed E-state index contributed by atoms with van der Waals surface area (Å²) in [5, 5.41) is 0.587. The summed E-state index contributed by atoms with van der Waals surface area (Å²) in [5.74, 6) is 0.684. The van der Waals surface area contributed by atoms with Crippen LogP contribution in [0.25, 0.3) is 16.6 Å². The van der Waals surface area contributed by atoms with Crippen LogP contribution in [0.3, 0.4) is 0 Å². The Hall–Kier alpha value is -2.95. The maximum absolute atomic E-state index is 12.9. The van der Waals surface area contributed by atoms with Gasteiger partial charge in [0.05, 0.1) is 16.6 Å². The maximum atomic E-state index is 12.9. The van der Waals surface area contributed by atoms with Crippen LogP contribution in [0.2, 0.25) is 0 Å². The molecule has 1 atom stereocenters. The molecule has 3 aromatic rings. The van der Waals surface area contributed by atoms with Crippen molar-refractivity contribution in [3.8, 4) is 5.69 Å². The fourth-order valence-corrected chi connectivity index (χ4v) is 3.70. The smallest absolute Gasteiger partial charge is 0.265 e. The Morgan fingerprint density at radius 3 is 2.54 bits per heavy atom. The van der Waals surface area contributed by atoms with Crippen LogP contribution >= 0.6 is 0 Å². The molecular weight excluding hydrogens is 326 g/mol. The Balaban J connectivity index is 1.73. The number of nitrogens with zero attached hydrogens (tertiary/aromatic N) is 3. The van der Waals surface area contributed by atoms with Crippen molar-refractivity contribution < 1.29 is 4.79 Å². The van der Waals surface area contributed by atoms with Gasteiger partial charge in [0, 0.05) is 18.2 Å². The molecule has 0 radical (unpaired) electrons. The molecule has 1 saturated heterocycles. The second-order valence-corrected chi connectivity index (χ2v) is 6.85. The third-order valence-electron chi connectivity index (χ3n) is 5.13. The molecule has 26 heavy (non-hydrogen) atoms. The van der Waals surface area contributed by atoms with Crippen LogP contribution in [-0.2, 0) is 0 Å². The van der Waals surface area contributed by atoms with Crippen molar-refractivity contribution >= 4 is 16.8 Å². The second kappa shape index (κ2) is 6.41. The average Bonchev–Trinajstić information content (AvgIpc) is 3.08. The van der Waals surface area contributed by atoms with E-state index in [1.807, 2.05) is 42.2 Å². The topological polar surface area (TPSA) is 55.2 Å². The fraction of sp³-hybridized carbons (Fsp3) is 0.286. The van der Waals surface area contributed by atoms with Crippen LogP contribution in [0.5, 0.6) is 0 Å². The van der Waals surface area contributed by atoms with Gasteiger partial charge in [-0.05, 0) is 63.1 Å². The van der Waals surface area contributed by atoms with Gasteiger partial charge in [-0.15, -0.1) is 0 Å². The Kier molecular flexibility index (Phi) is 4.07. The largest absolute Gasteiger partial charge is 0.336 e. The molecule has 0 N–H and O–H groups in total. The quantitative estimate of drug-likeness (QED) is 0.714. The van der Waals surface area contributed by atoms with E-state index < -0.39 is 0 Å². The van der Waals surface area contributed by atoms with Gasteiger partial charge >= 0.3 is 0 Å². The highest BCUT2D eigenvalue weighted by atomic mass is 16.2. The van der Waals surface area contributed by atoms with Gasteiger partial charge in [-0.2, -0.15) is 0 Å². The Morgan fingerprint density at radius 1 is 1.12 bits per heavy atom. The molecule has 132 valence electrons. The Labute approximate surface area is 151 Å². The first-order valence-corrected chi connectivity index (χ1v) is 8.96. The highest BCUT2D eigenvalue weighted by molar-refractivity contribution is 5.94. The van der Waals surface area contributed by atoms with Crippen LogP contribution < -0.4 is 5.56 Å². The van der Waals surface area contributed by atoms with Gasteiger partial charge in [0.25, 0.3) is 11.5 Å². The third-order valence-corrected chi connectivity index (χ3v) is 5.13. The summed E-state index contributed by atoms with van der Waals surface area (Å²) >= 11 is 0. The molecule has 4 rings (SSSR count). The number of benzene rings is 2. The number of aryl methyl sites for hydroxylation is 1. The SMILES string of the molecule is Cc1nc2ccccc2c(=O)n1-c1ccc(C(=O)N2CCCC2C)cc1. The van der Waals surface area contributed by atoms with E-state index in [1.165, 1.54) is 0 Å². The van der Waals surface area contributed by atoms with Crippen LogP contribution in [0.4, 0.5) is 0 Å². The van der Waals surface area contributed by atoms with E-state index in [4.69, 9.17) is 0 Å². The lowest BCUT2D eigenvalue weighted by atomic mass is 10.1. The molecule has 1 aromatic heterocycles. The molecule has 0 spiro atoms. The van der Waals surface area contributed by atoms with Crippen molar-refractivity contribution in [1.29, 1.82) is 0 Å². The summed E-state index contributed by atoms with van der Waals surface area (Å²) in [6.45, 7) is 4.72. The molecule has 1 amide bonds. The number of hydrogen-bond acceptors (Lipinski definition) is 3. The second-order valence-electron chi connectivity index (χ2n) is 6.85. The Morgan fingerprint density at radius 2 is 1.85 bits per heavy atom. The van der Waals surface area contributed by atoms with E-state index in [2.05, 4.69) is 11.9 Å². The minimum absolute atomic E-state index is 0.0576. The number of aromatic nitrogens is 2. The highest BCUT2D eigenvalue weighted by Crippen LogP contribution is 2.20. The number of likely N-dealkylation sites (tertiary alicyclic amines) is 1. The zero-order chi connectivity index (χ0) is 18.3. The zero-order valence-electron chi connectivity index (χ0n) is 15.0. The lowest BCUT2D eigenvalue weighted by molar-refractivity contribution is 0.0747. The summed E-state index contributed by atoms with van der Waals surface area (Å²) in [5.41, 5.74) is 1.97. The molecule has 0 aliphatic carbocycles. The van der Waals surface area contributed by atoms with Crippen molar-refractivity contribution in [3.63, 3.8) is 0 Å². The molecular formula is C21H21N3O2. The molecule has 0 saturated carbocycles. The summed E-state index contributed by atoms with van der Waals surface area (Å²) in [6.07, 6.45) is 2.11. The van der Waals surface area contributed by atoms with Crippen molar-refractivity contribution in [2.45, 2.75) is 32.7 Å². The van der Waals surface area contributed by atoms with Crippen LogP contribution in [0.1, 0.15) is 35.9 Å². The molecule has 5 heteroatoms. The summed E-state index contributed by atoms with van der Waals surface area (Å²) in [7, 11) is 0. The van der Waals surface area contributed by atoms with Crippen LogP contribution in [-0.4, -0.2) is 32.9 Å². The Bertz CT molecular complexity index is 1040. The van der Waals surface area contributed by atoms with Gasteiger partial charge in [-0.1, -0.05) is 12.1 Å². The molecule has 2 aromatic carbocycles. The lowest BCUT2D eigenvalue weighted by Gasteiger charge is -2.21. The zero-order valence-corrected chi connectivity index (χ0v) is 15.0. The number of para-hydroxylation sites is 1. The van der Waals surface area contributed by atoms with Crippen molar-refractivity contribution in [3.05, 3.63) is 70.3 Å². The number of hydrogen-bond donors (Lipinski definition) is 0. The first-order chi connectivity index (χ1) is 12.6. The standard InChI is InChI=1S/C21H21N3O2/c1-14-6-5-13-23(14)20(25)16-9-11-17(12-10-16)24-15(2)22-19-8-4-3-7-18(19)21(24)26/h3-4,7-12,14H,5-6,13H2,1-2H3. The van der Waals surface area contributed by atoms with E-state index >= 15 is 0 Å². The predicted octanol–water partition coefficient (Wildman–Crippen LogP) is 3.32. The molecule has 1 aliphatic heterocycles. The van der Waals surface area contributed by atoms with Gasteiger partial charge in [0.1, 0.15) is 5.82 Å². The highest BCUT2D eigenvalue weighted by Gasteiger charge is 2.25. The first-order valence-electron chi connectivity index (χ1n) is 8.96. The van der Waals surface area contributed by atoms with Crippen molar-refractivity contribution in [1.82, 2.24) is 14.5 Å². The average molecular weight is 347 g/mol. The van der Waals surface area contributed by atoms with E-state index in [1.54, 1.807) is 22.8 Å². The molecule has 1 aliphatic rings. The van der Waals surface area contributed by atoms with Gasteiger partial charge in [-0.25, -0.2) is 4.98 Å². The molecule has 1 fully saturated rings. The molecule has 0 bridgehead atoms. The van der Waals surface area contributed by atoms with Gasteiger partial charge in [0.2, 0.25) is 0 Å². The monoisotopic (exact) mass is 347 g/mol. The van der Waals surface area contributed by atoms with E-state index in [0.29, 0.717) is 22.3 Å². The van der Waals surface area contributed by atoms with Gasteiger partial charge < -0.3 is 4.90 Å². The predicted molar refractivity (Wildman–Crippen MR) is 102 cm³/mol. The summed E-state index contributed by atoms with van der Waals surface area (Å²) in [4.78, 5) is 32.0. The maximum Gasteiger partial charge on any atom is 0.265 e. The third kappa shape index (κ3) is 2.69. The first kappa shape index (κ1) is 16.5. The normalized spacial score (nSPS) is 17.0. The fourth-order valence-electron chi connectivity index (χ4n) is 3.70. The van der Waals surface area contributed by atoms with Crippen molar-refractivity contribution in [2.24, 2.45) is 0 Å². The number of carbonyl (C=O) groups excluding carboxylic acids is 1. The minimum atomic E-state index is -0.0969. The van der Waals surface area contributed by atoms with E-state index in [9.17, 15) is 9.59 Å². The number of rotatable bonds is 2. The van der Waals surface area contributed by atoms with Crippen molar-refractivity contribution in [2.75, 3.05) is 6.54 Å². The minimum Gasteiger partial charge on any atom is -0.336 e. The number of fused-ring (bicyclic) bond motifs is 1. The number of carbonyl (C=O) groups is 1. The molecule has 1 unspecified atom stereocenters. The lowest BCUT2D eigenvalue weighted by Crippen LogP contribution is -2.33. The van der Waals surface area contributed by atoms with Gasteiger partial charge in [0.15, 0.2) is 0 Å². The molecule has 5 nitrogen and oxygen atoms in total. The number of amides is 1. The van der Waals surface area contributed by atoms with Crippen LogP contribution in [0.15, 0.2) is 53.3 Å².